The molecule has 0 unspecified atom stereocenters. The van der Waals surface area contributed by atoms with Crippen molar-refractivity contribution in [1.29, 1.82) is 0 Å². The van der Waals surface area contributed by atoms with E-state index in [0.29, 0.717) is 47.8 Å². The van der Waals surface area contributed by atoms with Gasteiger partial charge >= 0.3 is 5.97 Å². The molecule has 1 atom stereocenters. The number of methoxy groups -OCH3 is 1. The molecule has 2 N–H and O–H groups in total. The van der Waals surface area contributed by atoms with E-state index < -0.39 is 23.7 Å². The zero-order chi connectivity index (χ0) is 25.9. The maximum Gasteiger partial charge on any atom is 0.354 e. The highest BCUT2D eigenvalue weighted by atomic mass is 16.5. The van der Waals surface area contributed by atoms with E-state index in [2.05, 4.69) is 4.98 Å². The van der Waals surface area contributed by atoms with Gasteiger partial charge in [-0.1, -0.05) is 19.1 Å². The fourth-order valence-corrected chi connectivity index (χ4v) is 4.28. The van der Waals surface area contributed by atoms with E-state index in [1.807, 2.05) is 25.9 Å². The van der Waals surface area contributed by atoms with Gasteiger partial charge in [-0.25, -0.2) is 4.79 Å². The zero-order valence-electron chi connectivity index (χ0n) is 21.1. The fraction of sp³-hybridized carbons (Fsp3) is 0.423. The largest absolute Gasteiger partial charge is 0.507 e. The molecule has 188 valence electrons. The Morgan fingerprint density at radius 1 is 1.17 bits per heavy atom. The minimum atomic E-state index is -0.787. The molecular formula is C26H33N3O6. The van der Waals surface area contributed by atoms with Crippen molar-refractivity contribution < 1.29 is 29.0 Å². The minimum absolute atomic E-state index is 0.0161. The van der Waals surface area contributed by atoms with Crippen LogP contribution in [-0.4, -0.2) is 78.5 Å². The lowest BCUT2D eigenvalue weighted by molar-refractivity contribution is -0.140. The number of aryl methyl sites for hydroxylation is 1. The van der Waals surface area contributed by atoms with Gasteiger partial charge in [-0.3, -0.25) is 9.59 Å². The highest BCUT2D eigenvalue weighted by Crippen LogP contribution is 2.41. The van der Waals surface area contributed by atoms with Crippen LogP contribution in [0.3, 0.4) is 0 Å². The van der Waals surface area contributed by atoms with Crippen LogP contribution >= 0.6 is 0 Å². The number of hydrogen-bond acceptors (Lipinski definition) is 7. The van der Waals surface area contributed by atoms with Crippen molar-refractivity contribution in [3.8, 4) is 5.75 Å². The van der Waals surface area contributed by atoms with Gasteiger partial charge < -0.3 is 29.4 Å². The molecule has 1 aromatic carbocycles. The first-order valence-corrected chi connectivity index (χ1v) is 11.6. The first-order valence-electron chi connectivity index (χ1n) is 11.6. The molecule has 0 radical (unpaired) electrons. The van der Waals surface area contributed by atoms with Crippen LogP contribution in [0.25, 0.3) is 5.76 Å². The van der Waals surface area contributed by atoms with E-state index in [1.165, 1.54) is 12.0 Å². The number of benzene rings is 1. The molecule has 1 saturated heterocycles. The van der Waals surface area contributed by atoms with E-state index in [-0.39, 0.29) is 17.0 Å². The smallest absolute Gasteiger partial charge is 0.354 e. The molecule has 0 saturated carbocycles. The van der Waals surface area contributed by atoms with Gasteiger partial charge in [0.2, 0.25) is 0 Å². The van der Waals surface area contributed by atoms with E-state index >= 15 is 0 Å². The van der Waals surface area contributed by atoms with E-state index in [9.17, 15) is 19.5 Å². The van der Waals surface area contributed by atoms with E-state index in [4.69, 9.17) is 9.47 Å². The highest BCUT2D eigenvalue weighted by Gasteiger charge is 2.46. The van der Waals surface area contributed by atoms with Gasteiger partial charge in [-0.2, -0.15) is 0 Å². The number of likely N-dealkylation sites (tertiary alicyclic amines) is 1. The summed E-state index contributed by atoms with van der Waals surface area (Å²) in [6, 6.07) is 6.39. The van der Waals surface area contributed by atoms with Gasteiger partial charge in [-0.05, 0) is 57.6 Å². The minimum Gasteiger partial charge on any atom is -0.507 e. The number of esters is 1. The van der Waals surface area contributed by atoms with Crippen LogP contribution in [-0.2, 0) is 14.3 Å². The van der Waals surface area contributed by atoms with Crippen LogP contribution in [0.15, 0.2) is 29.8 Å². The van der Waals surface area contributed by atoms with Crippen molar-refractivity contribution in [1.82, 2.24) is 14.8 Å². The van der Waals surface area contributed by atoms with Crippen LogP contribution in [0.1, 0.15) is 52.3 Å². The second kappa shape index (κ2) is 10.8. The number of amides is 1. The van der Waals surface area contributed by atoms with E-state index in [1.54, 1.807) is 38.1 Å². The molecule has 0 bridgehead atoms. The van der Waals surface area contributed by atoms with Gasteiger partial charge in [0, 0.05) is 24.3 Å². The van der Waals surface area contributed by atoms with Crippen molar-refractivity contribution >= 4 is 23.4 Å². The molecule has 1 fully saturated rings. The maximum absolute atomic E-state index is 13.2. The van der Waals surface area contributed by atoms with Crippen molar-refractivity contribution in [3.63, 3.8) is 0 Å². The van der Waals surface area contributed by atoms with Crippen LogP contribution in [0.2, 0.25) is 0 Å². The molecule has 1 amide bonds. The van der Waals surface area contributed by atoms with Gasteiger partial charge in [0.1, 0.15) is 17.2 Å². The Morgan fingerprint density at radius 2 is 1.83 bits per heavy atom. The Bertz CT molecular complexity index is 1150. The molecule has 1 aliphatic rings. The normalized spacial score (nSPS) is 17.3. The number of aromatic amines is 1. The Kier molecular flexibility index (Phi) is 8.01. The number of likely N-dealkylation sites (N-methyl/N-ethyl adjacent to an activating group) is 1. The number of aromatic nitrogens is 1. The third kappa shape index (κ3) is 5.09. The van der Waals surface area contributed by atoms with Crippen molar-refractivity contribution in [3.05, 3.63) is 57.9 Å². The van der Waals surface area contributed by atoms with Gasteiger partial charge in [0.25, 0.3) is 11.7 Å². The summed E-state index contributed by atoms with van der Waals surface area (Å²) in [5, 5.41) is 11.4. The monoisotopic (exact) mass is 483 g/mol. The summed E-state index contributed by atoms with van der Waals surface area (Å²) < 4.78 is 10.5. The number of carbonyl (C=O) groups is 3. The van der Waals surface area contributed by atoms with Crippen LogP contribution in [0.4, 0.5) is 0 Å². The average molecular weight is 484 g/mol. The molecule has 2 heterocycles. The highest BCUT2D eigenvalue weighted by molar-refractivity contribution is 6.46. The third-order valence-corrected chi connectivity index (χ3v) is 6.06. The van der Waals surface area contributed by atoms with Crippen molar-refractivity contribution in [2.24, 2.45) is 0 Å². The number of hydrogen-bond donors (Lipinski definition) is 2. The molecule has 1 aromatic heterocycles. The van der Waals surface area contributed by atoms with Gasteiger partial charge in [0.05, 0.1) is 25.3 Å². The zero-order valence-corrected chi connectivity index (χ0v) is 21.1. The lowest BCUT2D eigenvalue weighted by Crippen LogP contribution is -2.35. The molecular weight excluding hydrogens is 450 g/mol. The molecule has 3 rings (SSSR count). The molecule has 0 aliphatic carbocycles. The number of aliphatic hydroxyl groups is 1. The van der Waals surface area contributed by atoms with Crippen molar-refractivity contribution in [2.45, 2.75) is 33.2 Å². The number of ketones is 1. The second-order valence-electron chi connectivity index (χ2n) is 8.83. The molecule has 2 aromatic rings. The Hall–Kier alpha value is -3.59. The predicted molar refractivity (Wildman–Crippen MR) is 131 cm³/mol. The molecule has 9 heteroatoms. The Balaban J connectivity index is 2.16. The first kappa shape index (κ1) is 26.0. The van der Waals surface area contributed by atoms with Crippen LogP contribution in [0, 0.1) is 13.8 Å². The average Bonchev–Trinajstić information content (AvgIpc) is 3.27. The van der Waals surface area contributed by atoms with Crippen molar-refractivity contribution in [2.75, 3.05) is 40.9 Å². The summed E-state index contributed by atoms with van der Waals surface area (Å²) >= 11 is 0. The number of nitrogens with one attached hydrogen (secondary N) is 1. The predicted octanol–water partition coefficient (Wildman–Crippen LogP) is 3.19. The summed E-state index contributed by atoms with van der Waals surface area (Å²) in [6.07, 6.45) is 0.870. The number of H-pyrrole nitrogens is 1. The Morgan fingerprint density at radius 3 is 2.40 bits per heavy atom. The summed E-state index contributed by atoms with van der Waals surface area (Å²) in [6.45, 7) is 6.77. The molecule has 0 spiro atoms. The number of carbonyl (C=O) groups excluding carboxylic acids is 3. The first-order chi connectivity index (χ1) is 16.6. The van der Waals surface area contributed by atoms with Gasteiger partial charge in [-0.15, -0.1) is 0 Å². The number of nitrogens with zero attached hydrogens (tertiary/aromatic N) is 2. The SMILES string of the molecule is CCCOc1ccc([C@@H]2C(=C(O)c3c(C)[nH]c(C(=O)OC)c3C)C(=O)C(=O)N2CCN(C)C)cc1. The standard InChI is InChI=1S/C26H33N3O6/c1-7-14-35-18-10-8-17(9-11-18)22-20(24(31)25(32)29(22)13-12-28(4)5)23(30)19-15(2)21(26(33)34-6)27-16(19)3/h8-11,22,27,30H,7,12-14H2,1-6H3/t22-/m1/s1. The fourth-order valence-electron chi connectivity index (χ4n) is 4.28. The lowest BCUT2D eigenvalue weighted by Gasteiger charge is -2.26. The third-order valence-electron chi connectivity index (χ3n) is 6.06. The molecule has 9 nitrogen and oxygen atoms in total. The quantitative estimate of drug-likeness (QED) is 0.244. The van der Waals surface area contributed by atoms with Crippen LogP contribution < -0.4 is 4.74 Å². The van der Waals surface area contributed by atoms with E-state index in [0.717, 1.165) is 6.42 Å². The molecule has 35 heavy (non-hydrogen) atoms. The number of ether oxygens (including phenoxy) is 2. The maximum atomic E-state index is 13.2. The number of aliphatic hydroxyl groups excluding tert-OH is 1. The second-order valence-corrected chi connectivity index (χ2v) is 8.83. The summed E-state index contributed by atoms with van der Waals surface area (Å²) in [4.78, 5) is 44.8. The Labute approximate surface area is 205 Å². The van der Waals surface area contributed by atoms with Crippen LogP contribution in [0.5, 0.6) is 5.75 Å². The molecule has 1 aliphatic heterocycles. The topological polar surface area (TPSA) is 112 Å². The lowest BCUT2D eigenvalue weighted by atomic mass is 9.94. The summed E-state index contributed by atoms with van der Waals surface area (Å²) in [5.41, 5.74) is 2.08. The number of rotatable bonds is 9. The summed E-state index contributed by atoms with van der Waals surface area (Å²) in [5.74, 6) is -1.68. The van der Waals surface area contributed by atoms with Gasteiger partial charge in [0.15, 0.2) is 0 Å². The number of Topliss-reactive ketones (excluding diaryl/α,β-unsaturated/α-hetero) is 1. The summed E-state index contributed by atoms with van der Waals surface area (Å²) in [7, 11) is 5.03.